The monoisotopic (exact) mass is 368 g/mol. The average molecular weight is 368 g/mol. The summed E-state index contributed by atoms with van der Waals surface area (Å²) in [6.45, 7) is 4.86. The zero-order valence-corrected chi connectivity index (χ0v) is 16.1. The molecule has 1 fully saturated rings. The molecule has 1 aliphatic carbocycles. The van der Waals surface area contributed by atoms with Crippen LogP contribution in [-0.2, 0) is 15.1 Å². The topological polar surface area (TPSA) is 55.8 Å². The molecule has 1 aliphatic rings. The number of ether oxygens (including phenoxy) is 2. The number of carbonyl (C=O) groups is 1. The van der Waals surface area contributed by atoms with E-state index >= 15 is 0 Å². The number of benzene rings is 2. The van der Waals surface area contributed by atoms with Gasteiger partial charge in [-0.2, -0.15) is 0 Å². The molecule has 0 aromatic heterocycles. The molecule has 27 heavy (non-hydrogen) atoms. The largest absolute Gasteiger partial charge is 0.494 e. The van der Waals surface area contributed by atoms with Gasteiger partial charge in [-0.3, -0.25) is 4.79 Å². The lowest BCUT2D eigenvalue weighted by Gasteiger charge is -2.35. The van der Waals surface area contributed by atoms with Crippen molar-refractivity contribution in [3.8, 4) is 16.9 Å². The first-order chi connectivity index (χ1) is 13.1. The number of rotatable bonds is 6. The van der Waals surface area contributed by atoms with E-state index in [1.54, 1.807) is 0 Å². The summed E-state index contributed by atoms with van der Waals surface area (Å²) in [5.74, 6) is 0.643. The average Bonchev–Trinajstić information content (AvgIpc) is 2.70. The van der Waals surface area contributed by atoms with Gasteiger partial charge >= 0.3 is 5.97 Å². The number of hydrogen-bond acceptors (Lipinski definition) is 4. The Balaban J connectivity index is 1.67. The van der Waals surface area contributed by atoms with Crippen LogP contribution in [-0.4, -0.2) is 24.3 Å². The van der Waals surface area contributed by atoms with Crippen LogP contribution in [0.3, 0.4) is 0 Å². The second-order valence-electron chi connectivity index (χ2n) is 7.09. The van der Waals surface area contributed by atoms with Gasteiger partial charge in [-0.05, 0) is 68.4 Å². The third-order valence-electron chi connectivity index (χ3n) is 5.35. The minimum atomic E-state index is -0.861. The van der Waals surface area contributed by atoms with Crippen molar-refractivity contribution in [3.05, 3.63) is 54.1 Å². The van der Waals surface area contributed by atoms with Crippen LogP contribution in [0, 0.1) is 5.92 Å². The van der Waals surface area contributed by atoms with Crippen LogP contribution < -0.4 is 4.74 Å². The molecular weight excluding hydrogens is 340 g/mol. The highest BCUT2D eigenvalue weighted by atomic mass is 16.5. The lowest BCUT2D eigenvalue weighted by molar-refractivity contribution is -0.151. The Bertz CT molecular complexity index is 741. The minimum Gasteiger partial charge on any atom is -0.494 e. The Hall–Kier alpha value is -2.33. The summed E-state index contributed by atoms with van der Waals surface area (Å²) in [4.78, 5) is 11.9. The summed E-state index contributed by atoms with van der Waals surface area (Å²) in [7, 11) is 0. The van der Waals surface area contributed by atoms with E-state index in [2.05, 4.69) is 0 Å². The van der Waals surface area contributed by atoms with Crippen LogP contribution >= 0.6 is 0 Å². The second kappa shape index (κ2) is 8.57. The van der Waals surface area contributed by atoms with Gasteiger partial charge in [0, 0.05) is 0 Å². The summed E-state index contributed by atoms with van der Waals surface area (Å²) in [6.07, 6.45) is 2.49. The molecule has 2 aromatic carbocycles. The Morgan fingerprint density at radius 2 is 1.52 bits per heavy atom. The molecule has 4 heteroatoms. The van der Waals surface area contributed by atoms with Gasteiger partial charge in [0.05, 0.1) is 24.7 Å². The molecule has 0 saturated heterocycles. The fraction of sp³-hybridized carbons (Fsp3) is 0.435. The Kier molecular flexibility index (Phi) is 6.17. The van der Waals surface area contributed by atoms with Gasteiger partial charge in [-0.1, -0.05) is 36.4 Å². The zero-order chi connectivity index (χ0) is 19.3. The molecular formula is C23H28O4. The molecule has 0 unspecified atom stereocenters. The van der Waals surface area contributed by atoms with Gasteiger partial charge in [-0.25, -0.2) is 0 Å². The van der Waals surface area contributed by atoms with Gasteiger partial charge < -0.3 is 14.6 Å². The normalized spacial score (nSPS) is 22.3. The van der Waals surface area contributed by atoms with Crippen LogP contribution in [0.4, 0.5) is 0 Å². The van der Waals surface area contributed by atoms with E-state index in [4.69, 9.17) is 9.47 Å². The third kappa shape index (κ3) is 4.51. The summed E-state index contributed by atoms with van der Waals surface area (Å²) < 4.78 is 10.6. The number of aliphatic hydroxyl groups is 1. The number of carbonyl (C=O) groups excluding carboxylic acids is 1. The van der Waals surface area contributed by atoms with E-state index in [1.165, 1.54) is 0 Å². The molecule has 1 N–H and O–H groups in total. The van der Waals surface area contributed by atoms with Crippen molar-refractivity contribution >= 4 is 5.97 Å². The van der Waals surface area contributed by atoms with E-state index in [0.29, 0.717) is 38.9 Å². The van der Waals surface area contributed by atoms with Crippen LogP contribution in [0.15, 0.2) is 48.5 Å². The molecule has 0 amide bonds. The predicted molar refractivity (Wildman–Crippen MR) is 106 cm³/mol. The first-order valence-electron chi connectivity index (χ1n) is 9.78. The highest BCUT2D eigenvalue weighted by Crippen LogP contribution is 2.40. The van der Waals surface area contributed by atoms with E-state index in [-0.39, 0.29) is 11.9 Å². The van der Waals surface area contributed by atoms with Gasteiger partial charge in [0.25, 0.3) is 0 Å². The molecule has 144 valence electrons. The molecule has 0 atom stereocenters. The molecule has 0 radical (unpaired) electrons. The Labute approximate surface area is 161 Å². The van der Waals surface area contributed by atoms with Crippen molar-refractivity contribution in [3.63, 3.8) is 0 Å². The fourth-order valence-corrected chi connectivity index (χ4v) is 3.76. The van der Waals surface area contributed by atoms with Crippen LogP contribution in [0.25, 0.3) is 11.1 Å². The highest BCUT2D eigenvalue weighted by molar-refractivity contribution is 5.72. The van der Waals surface area contributed by atoms with E-state index in [0.717, 1.165) is 22.4 Å². The molecule has 0 aliphatic heterocycles. The van der Waals surface area contributed by atoms with Gasteiger partial charge in [0.1, 0.15) is 5.75 Å². The standard InChI is InChI=1S/C23H28O4/c1-3-26-21-11-7-18(8-12-21)17-5-9-20(10-6-17)23(25)15-13-19(14-16-23)22(24)27-4-2/h5-12,19,25H,3-4,13-16H2,1-2H3. The zero-order valence-electron chi connectivity index (χ0n) is 16.1. The van der Waals surface area contributed by atoms with Crippen molar-refractivity contribution in [2.75, 3.05) is 13.2 Å². The molecule has 3 rings (SSSR count). The summed E-state index contributed by atoms with van der Waals surface area (Å²) in [5, 5.41) is 11.1. The molecule has 1 saturated carbocycles. The maximum absolute atomic E-state index is 11.9. The minimum absolute atomic E-state index is 0.0895. The third-order valence-corrected chi connectivity index (χ3v) is 5.35. The van der Waals surface area contributed by atoms with Crippen molar-refractivity contribution < 1.29 is 19.4 Å². The number of hydrogen-bond donors (Lipinski definition) is 1. The van der Waals surface area contributed by atoms with Crippen molar-refractivity contribution in [1.29, 1.82) is 0 Å². The van der Waals surface area contributed by atoms with Gasteiger partial charge in [0.15, 0.2) is 0 Å². The fourth-order valence-electron chi connectivity index (χ4n) is 3.76. The lowest BCUT2D eigenvalue weighted by Crippen LogP contribution is -2.34. The summed E-state index contributed by atoms with van der Waals surface area (Å²) in [6, 6.07) is 16.1. The lowest BCUT2D eigenvalue weighted by atomic mass is 9.75. The highest BCUT2D eigenvalue weighted by Gasteiger charge is 2.37. The maximum atomic E-state index is 11.9. The van der Waals surface area contributed by atoms with E-state index < -0.39 is 5.60 Å². The summed E-state index contributed by atoms with van der Waals surface area (Å²) >= 11 is 0. The quantitative estimate of drug-likeness (QED) is 0.751. The first kappa shape index (κ1) is 19.4. The Morgan fingerprint density at radius 1 is 0.963 bits per heavy atom. The Morgan fingerprint density at radius 3 is 2.04 bits per heavy atom. The SMILES string of the molecule is CCOC(=O)C1CCC(O)(c2ccc(-c3ccc(OCC)cc3)cc2)CC1. The first-order valence-corrected chi connectivity index (χ1v) is 9.78. The summed E-state index contributed by atoms with van der Waals surface area (Å²) in [5.41, 5.74) is 2.27. The van der Waals surface area contributed by atoms with Crippen LogP contribution in [0.5, 0.6) is 5.75 Å². The predicted octanol–water partition coefficient (Wildman–Crippen LogP) is 4.69. The molecule has 0 bridgehead atoms. The molecule has 0 heterocycles. The maximum Gasteiger partial charge on any atom is 0.308 e. The van der Waals surface area contributed by atoms with Gasteiger partial charge in [0.2, 0.25) is 0 Å². The van der Waals surface area contributed by atoms with Gasteiger partial charge in [-0.15, -0.1) is 0 Å². The van der Waals surface area contributed by atoms with E-state index in [9.17, 15) is 9.90 Å². The van der Waals surface area contributed by atoms with Crippen LogP contribution in [0.1, 0.15) is 45.1 Å². The second-order valence-corrected chi connectivity index (χ2v) is 7.09. The smallest absolute Gasteiger partial charge is 0.308 e. The number of esters is 1. The molecule has 2 aromatic rings. The van der Waals surface area contributed by atoms with E-state index in [1.807, 2.05) is 62.4 Å². The van der Waals surface area contributed by atoms with Crippen molar-refractivity contribution in [2.45, 2.75) is 45.1 Å². The van der Waals surface area contributed by atoms with Crippen LogP contribution in [0.2, 0.25) is 0 Å². The van der Waals surface area contributed by atoms with Crippen molar-refractivity contribution in [2.24, 2.45) is 5.92 Å². The molecule has 0 spiro atoms. The molecule has 4 nitrogen and oxygen atoms in total. The van der Waals surface area contributed by atoms with Crippen molar-refractivity contribution in [1.82, 2.24) is 0 Å².